The first-order valence-electron chi connectivity index (χ1n) is 8.83. The smallest absolute Gasteiger partial charge is 0.259 e. The van der Waals surface area contributed by atoms with Crippen molar-refractivity contribution in [2.45, 2.75) is 25.7 Å². The predicted octanol–water partition coefficient (Wildman–Crippen LogP) is 3.53. The molecule has 0 spiro atoms. The molecule has 4 rings (SSSR count). The zero-order valence-electron chi connectivity index (χ0n) is 15.2. The van der Waals surface area contributed by atoms with Crippen LogP contribution in [0.25, 0.3) is 10.8 Å². The van der Waals surface area contributed by atoms with Gasteiger partial charge in [0, 0.05) is 19.0 Å². The molecule has 0 aliphatic carbocycles. The lowest BCUT2D eigenvalue weighted by Gasteiger charge is -2.30. The summed E-state index contributed by atoms with van der Waals surface area (Å²) < 4.78 is 11.2. The van der Waals surface area contributed by atoms with Crippen molar-refractivity contribution in [3.63, 3.8) is 0 Å². The Labute approximate surface area is 161 Å². The monoisotopic (exact) mass is 384 g/mol. The maximum atomic E-state index is 12.8. The molecule has 0 unspecified atom stereocenters. The number of para-hydroxylation sites is 1. The molecule has 7 nitrogen and oxygen atoms in total. The highest BCUT2D eigenvalue weighted by atomic mass is 32.1. The van der Waals surface area contributed by atoms with Crippen molar-refractivity contribution in [3.05, 3.63) is 46.9 Å². The average Bonchev–Trinajstić information content (AvgIpc) is 3.36. The number of carbonyl (C=O) groups excluding carboxylic acids is 1. The van der Waals surface area contributed by atoms with E-state index in [9.17, 15) is 4.79 Å². The van der Waals surface area contributed by atoms with Gasteiger partial charge in [0.05, 0.1) is 23.9 Å². The van der Waals surface area contributed by atoms with Crippen LogP contribution in [-0.2, 0) is 0 Å². The lowest BCUT2D eigenvalue weighted by Crippen LogP contribution is -2.38. The van der Waals surface area contributed by atoms with Crippen LogP contribution in [0.2, 0.25) is 0 Å². The van der Waals surface area contributed by atoms with Crippen molar-refractivity contribution in [1.29, 1.82) is 0 Å². The number of thiazole rings is 1. The number of hydrogen-bond acceptors (Lipinski definition) is 7. The Hall–Kier alpha value is -2.74. The van der Waals surface area contributed by atoms with Gasteiger partial charge in [-0.1, -0.05) is 12.1 Å². The van der Waals surface area contributed by atoms with Gasteiger partial charge in [-0.3, -0.25) is 4.79 Å². The van der Waals surface area contributed by atoms with Gasteiger partial charge in [0.2, 0.25) is 5.89 Å². The summed E-state index contributed by atoms with van der Waals surface area (Å²) in [6.45, 7) is 3.23. The minimum absolute atomic E-state index is 0.00240. The molecule has 0 N–H and O–H groups in total. The van der Waals surface area contributed by atoms with Gasteiger partial charge in [0.25, 0.3) is 11.8 Å². The predicted molar refractivity (Wildman–Crippen MR) is 101 cm³/mol. The minimum atomic E-state index is -0.00240. The number of hydrogen-bond donors (Lipinski definition) is 0. The number of carbonyl (C=O) groups is 1. The van der Waals surface area contributed by atoms with Crippen LogP contribution >= 0.6 is 11.3 Å². The lowest BCUT2D eigenvalue weighted by molar-refractivity contribution is 0.0703. The summed E-state index contributed by atoms with van der Waals surface area (Å²) in [4.78, 5) is 19.8. The molecule has 1 fully saturated rings. The van der Waals surface area contributed by atoms with Crippen LogP contribution in [0.1, 0.15) is 40.7 Å². The maximum Gasteiger partial charge on any atom is 0.259 e. The number of nitrogens with zero attached hydrogens (tertiary/aromatic N) is 4. The van der Waals surface area contributed by atoms with E-state index in [0.717, 1.165) is 23.4 Å². The highest BCUT2D eigenvalue weighted by molar-refractivity contribution is 7.13. The third-order valence-corrected chi connectivity index (χ3v) is 5.77. The first-order valence-corrected chi connectivity index (χ1v) is 9.71. The third-order valence-electron chi connectivity index (χ3n) is 4.85. The van der Waals surface area contributed by atoms with Crippen LogP contribution in [0.4, 0.5) is 0 Å². The molecule has 3 aromatic rings. The average molecular weight is 384 g/mol. The van der Waals surface area contributed by atoms with Gasteiger partial charge in [-0.25, -0.2) is 4.98 Å². The van der Waals surface area contributed by atoms with E-state index in [1.807, 2.05) is 24.0 Å². The normalized spacial score (nSPS) is 15.1. The lowest BCUT2D eigenvalue weighted by atomic mass is 9.96. The van der Waals surface area contributed by atoms with Gasteiger partial charge < -0.3 is 14.1 Å². The Morgan fingerprint density at radius 1 is 1.26 bits per heavy atom. The molecule has 1 amide bonds. The second kappa shape index (κ2) is 7.48. The molecule has 1 saturated heterocycles. The number of rotatable bonds is 4. The van der Waals surface area contributed by atoms with Crippen LogP contribution < -0.4 is 4.74 Å². The van der Waals surface area contributed by atoms with Crippen LogP contribution in [-0.4, -0.2) is 46.2 Å². The molecule has 27 heavy (non-hydrogen) atoms. The molecule has 0 radical (unpaired) electrons. The summed E-state index contributed by atoms with van der Waals surface area (Å²) in [6, 6.07) is 7.32. The van der Waals surface area contributed by atoms with Crippen molar-refractivity contribution in [1.82, 2.24) is 20.1 Å². The van der Waals surface area contributed by atoms with Gasteiger partial charge in [0.15, 0.2) is 0 Å². The van der Waals surface area contributed by atoms with Crippen molar-refractivity contribution in [3.8, 4) is 16.5 Å². The number of aryl methyl sites for hydroxylation is 1. The quantitative estimate of drug-likeness (QED) is 0.684. The fraction of sp³-hybridized carbons (Fsp3) is 0.368. The Morgan fingerprint density at radius 3 is 2.74 bits per heavy atom. The zero-order valence-corrected chi connectivity index (χ0v) is 16.0. The number of amides is 1. The van der Waals surface area contributed by atoms with Crippen molar-refractivity contribution in [2.24, 2.45) is 0 Å². The highest BCUT2D eigenvalue weighted by Crippen LogP contribution is 2.32. The highest BCUT2D eigenvalue weighted by Gasteiger charge is 2.29. The molecular formula is C19H20N4O3S. The summed E-state index contributed by atoms with van der Waals surface area (Å²) in [5.41, 5.74) is 3.27. The van der Waals surface area contributed by atoms with Crippen LogP contribution in [0, 0.1) is 6.92 Å². The molecular weight excluding hydrogens is 364 g/mol. The first kappa shape index (κ1) is 17.7. The molecule has 1 aliphatic rings. The number of ether oxygens (including phenoxy) is 1. The Morgan fingerprint density at radius 2 is 2.04 bits per heavy atom. The SMILES string of the molecule is COc1ccccc1C(=O)N1CCC(c2nnc(-c3scnc3C)o2)CC1. The van der Waals surface area contributed by atoms with Gasteiger partial charge in [0.1, 0.15) is 10.6 Å². The number of benzene rings is 1. The second-order valence-electron chi connectivity index (χ2n) is 6.48. The Kier molecular flexibility index (Phi) is 4.89. The van der Waals surface area contributed by atoms with E-state index >= 15 is 0 Å². The molecule has 3 heterocycles. The first-order chi connectivity index (χ1) is 13.2. The molecule has 0 atom stereocenters. The van der Waals surface area contributed by atoms with Gasteiger partial charge in [-0.15, -0.1) is 21.5 Å². The van der Waals surface area contributed by atoms with Crippen LogP contribution in [0.5, 0.6) is 5.75 Å². The standard InChI is InChI=1S/C19H20N4O3S/c1-12-16(27-11-20-12)18-22-21-17(26-18)13-7-9-23(10-8-13)19(24)14-5-3-4-6-15(14)25-2/h3-6,11,13H,7-10H2,1-2H3. The Bertz CT molecular complexity index is 944. The fourth-order valence-electron chi connectivity index (χ4n) is 3.32. The largest absolute Gasteiger partial charge is 0.496 e. The molecule has 0 saturated carbocycles. The number of methoxy groups -OCH3 is 1. The number of piperidine rings is 1. The molecule has 1 aliphatic heterocycles. The van der Waals surface area contributed by atoms with Gasteiger partial charge in [-0.2, -0.15) is 0 Å². The molecule has 2 aromatic heterocycles. The van der Waals surface area contributed by atoms with Crippen molar-refractivity contribution in [2.75, 3.05) is 20.2 Å². The summed E-state index contributed by atoms with van der Waals surface area (Å²) in [6.07, 6.45) is 1.59. The summed E-state index contributed by atoms with van der Waals surface area (Å²) in [7, 11) is 1.58. The molecule has 8 heteroatoms. The summed E-state index contributed by atoms with van der Waals surface area (Å²) in [5, 5.41) is 8.41. The van der Waals surface area contributed by atoms with Gasteiger partial charge >= 0.3 is 0 Å². The second-order valence-corrected chi connectivity index (χ2v) is 7.33. The Balaban J connectivity index is 1.43. The summed E-state index contributed by atoms with van der Waals surface area (Å²) in [5.74, 6) is 1.93. The maximum absolute atomic E-state index is 12.8. The van der Waals surface area contributed by atoms with E-state index in [4.69, 9.17) is 9.15 Å². The van der Waals surface area contributed by atoms with E-state index in [0.29, 0.717) is 36.2 Å². The third kappa shape index (κ3) is 3.44. The number of likely N-dealkylation sites (tertiary alicyclic amines) is 1. The van der Waals surface area contributed by atoms with Crippen molar-refractivity contribution < 1.29 is 13.9 Å². The van der Waals surface area contributed by atoms with Crippen molar-refractivity contribution >= 4 is 17.2 Å². The van der Waals surface area contributed by atoms with Crippen LogP contribution in [0.15, 0.2) is 34.2 Å². The minimum Gasteiger partial charge on any atom is -0.496 e. The molecule has 0 bridgehead atoms. The van der Waals surface area contributed by atoms with Gasteiger partial charge in [-0.05, 0) is 31.9 Å². The molecule has 140 valence electrons. The molecule has 1 aromatic carbocycles. The topological polar surface area (TPSA) is 81.4 Å². The fourth-order valence-corrected chi connectivity index (χ4v) is 4.04. The van der Waals surface area contributed by atoms with E-state index in [1.54, 1.807) is 24.8 Å². The van der Waals surface area contributed by atoms with E-state index in [-0.39, 0.29) is 11.8 Å². The van der Waals surface area contributed by atoms with E-state index in [2.05, 4.69) is 15.2 Å². The summed E-state index contributed by atoms with van der Waals surface area (Å²) >= 11 is 1.50. The zero-order chi connectivity index (χ0) is 18.8. The number of aromatic nitrogens is 3. The van der Waals surface area contributed by atoms with Crippen LogP contribution in [0.3, 0.4) is 0 Å². The van der Waals surface area contributed by atoms with E-state index < -0.39 is 0 Å². The van der Waals surface area contributed by atoms with E-state index in [1.165, 1.54) is 11.3 Å².